The van der Waals surface area contributed by atoms with E-state index in [0.29, 0.717) is 17.2 Å². The van der Waals surface area contributed by atoms with Crippen LogP contribution in [0.1, 0.15) is 17.3 Å². The molecule has 2 rings (SSSR count). The Morgan fingerprint density at radius 1 is 1.00 bits per heavy atom. The molecule has 2 aromatic carbocycles. The molecule has 0 heterocycles. The van der Waals surface area contributed by atoms with Gasteiger partial charge >= 0.3 is 0 Å². The monoisotopic (exact) mass is 314 g/mol. The van der Waals surface area contributed by atoms with E-state index < -0.39 is 12.1 Å². The average Bonchev–Trinajstić information content (AvgIpc) is 2.56. The van der Waals surface area contributed by atoms with Crippen LogP contribution >= 0.6 is 0 Å². The third kappa shape index (κ3) is 4.47. The Bertz CT molecular complexity index is 679. The molecule has 6 nitrogen and oxygen atoms in total. The summed E-state index contributed by atoms with van der Waals surface area (Å²) in [6.07, 6.45) is -0.718. The van der Waals surface area contributed by atoms with E-state index in [1.165, 1.54) is 24.3 Å². The molecule has 1 atom stereocenters. The van der Waals surface area contributed by atoms with Crippen LogP contribution < -0.4 is 19.9 Å². The lowest BCUT2D eigenvalue weighted by molar-refractivity contribution is -0.255. The third-order valence-corrected chi connectivity index (χ3v) is 3.13. The number of carboxylic acids is 1. The number of carboxylic acid groups (broad SMARTS) is 1. The molecule has 1 unspecified atom stereocenters. The van der Waals surface area contributed by atoms with Gasteiger partial charge in [-0.05, 0) is 48.9 Å². The highest BCUT2D eigenvalue weighted by Gasteiger charge is 2.15. The molecule has 23 heavy (non-hydrogen) atoms. The van der Waals surface area contributed by atoms with E-state index in [9.17, 15) is 14.7 Å². The fraction of sp³-hybridized carbons (Fsp3) is 0.176. The Morgan fingerprint density at radius 3 is 2.09 bits per heavy atom. The van der Waals surface area contributed by atoms with Crippen molar-refractivity contribution in [2.24, 2.45) is 0 Å². The van der Waals surface area contributed by atoms with Crippen LogP contribution in [0.3, 0.4) is 0 Å². The summed E-state index contributed by atoms with van der Waals surface area (Å²) in [4.78, 5) is 22.7. The zero-order valence-corrected chi connectivity index (χ0v) is 12.7. The number of hydrogen-bond donors (Lipinski definition) is 1. The molecule has 0 fully saturated rings. The summed E-state index contributed by atoms with van der Waals surface area (Å²) < 4.78 is 10.6. The zero-order valence-electron chi connectivity index (χ0n) is 12.7. The van der Waals surface area contributed by atoms with E-state index in [0.717, 1.165) is 0 Å². The van der Waals surface area contributed by atoms with E-state index in [1.807, 2.05) is 0 Å². The van der Waals surface area contributed by atoms with E-state index in [-0.39, 0.29) is 11.5 Å². The molecule has 0 aliphatic heterocycles. The second-order valence-corrected chi connectivity index (χ2v) is 4.79. The van der Waals surface area contributed by atoms with Gasteiger partial charge in [0.2, 0.25) is 0 Å². The van der Waals surface area contributed by atoms with Gasteiger partial charge < -0.3 is 24.7 Å². The summed E-state index contributed by atoms with van der Waals surface area (Å²) in [5, 5.41) is 13.3. The maximum Gasteiger partial charge on any atom is 0.265 e. The number of benzene rings is 2. The molecule has 0 aliphatic carbocycles. The Balaban J connectivity index is 1.94. The predicted octanol–water partition coefficient (Wildman–Crippen LogP) is 1.46. The van der Waals surface area contributed by atoms with Gasteiger partial charge in [-0.2, -0.15) is 0 Å². The molecule has 0 saturated heterocycles. The number of aromatic carboxylic acids is 1. The Hall–Kier alpha value is -3.02. The number of rotatable bonds is 6. The van der Waals surface area contributed by atoms with Crippen LogP contribution in [0.2, 0.25) is 0 Å². The summed E-state index contributed by atoms with van der Waals surface area (Å²) in [5.41, 5.74) is 0.524. The first-order chi connectivity index (χ1) is 11.0. The van der Waals surface area contributed by atoms with Crippen molar-refractivity contribution < 1.29 is 24.2 Å². The Labute approximate surface area is 133 Å². The number of anilines is 1. The third-order valence-electron chi connectivity index (χ3n) is 3.13. The minimum atomic E-state index is -1.26. The quantitative estimate of drug-likeness (QED) is 0.872. The van der Waals surface area contributed by atoms with E-state index in [4.69, 9.17) is 9.47 Å². The van der Waals surface area contributed by atoms with Gasteiger partial charge in [0, 0.05) is 5.69 Å². The van der Waals surface area contributed by atoms with Crippen molar-refractivity contribution in [3.63, 3.8) is 0 Å². The SMILES string of the molecule is COc1ccc(OC(C)C(=O)Nc2ccc(C(=O)[O-])cc2)cc1. The molecular weight excluding hydrogens is 298 g/mol. The number of carbonyl (C=O) groups is 2. The summed E-state index contributed by atoms with van der Waals surface area (Å²) in [7, 11) is 1.57. The molecule has 120 valence electrons. The fourth-order valence-electron chi connectivity index (χ4n) is 1.85. The Morgan fingerprint density at radius 2 is 1.57 bits per heavy atom. The number of carbonyl (C=O) groups excluding carboxylic acids is 2. The molecular formula is C17H16NO5-. The topological polar surface area (TPSA) is 87.7 Å². The number of methoxy groups -OCH3 is 1. The van der Waals surface area contributed by atoms with Crippen LogP contribution in [0.5, 0.6) is 11.5 Å². The lowest BCUT2D eigenvalue weighted by Crippen LogP contribution is -2.30. The normalized spacial score (nSPS) is 11.4. The van der Waals surface area contributed by atoms with Crippen molar-refractivity contribution in [3.05, 3.63) is 54.1 Å². The van der Waals surface area contributed by atoms with Gasteiger partial charge in [-0.25, -0.2) is 0 Å². The number of ether oxygens (including phenoxy) is 2. The minimum Gasteiger partial charge on any atom is -0.545 e. The molecule has 6 heteroatoms. The molecule has 0 aliphatic rings. The van der Waals surface area contributed by atoms with Crippen molar-refractivity contribution in [3.8, 4) is 11.5 Å². The second kappa shape index (κ2) is 7.31. The highest BCUT2D eigenvalue weighted by atomic mass is 16.5. The maximum absolute atomic E-state index is 12.1. The van der Waals surface area contributed by atoms with Crippen molar-refractivity contribution >= 4 is 17.6 Å². The van der Waals surface area contributed by atoms with Gasteiger partial charge in [0.1, 0.15) is 11.5 Å². The fourth-order valence-corrected chi connectivity index (χ4v) is 1.85. The van der Waals surface area contributed by atoms with Gasteiger partial charge in [0.05, 0.1) is 13.1 Å². The Kier molecular flexibility index (Phi) is 5.19. The van der Waals surface area contributed by atoms with Gasteiger partial charge in [0.15, 0.2) is 6.10 Å². The van der Waals surface area contributed by atoms with E-state index in [2.05, 4.69) is 5.32 Å². The molecule has 0 saturated carbocycles. The highest BCUT2D eigenvalue weighted by molar-refractivity contribution is 5.94. The van der Waals surface area contributed by atoms with Crippen molar-refractivity contribution in [1.82, 2.24) is 0 Å². The second-order valence-electron chi connectivity index (χ2n) is 4.79. The van der Waals surface area contributed by atoms with Crippen molar-refractivity contribution in [1.29, 1.82) is 0 Å². The molecule has 1 N–H and O–H groups in total. The van der Waals surface area contributed by atoms with Gasteiger partial charge in [-0.1, -0.05) is 12.1 Å². The van der Waals surface area contributed by atoms with Crippen molar-refractivity contribution in [2.75, 3.05) is 12.4 Å². The van der Waals surface area contributed by atoms with Crippen LogP contribution in [0.15, 0.2) is 48.5 Å². The smallest absolute Gasteiger partial charge is 0.265 e. The summed E-state index contributed by atoms with van der Waals surface area (Å²) >= 11 is 0. The summed E-state index contributed by atoms with van der Waals surface area (Å²) in [5.74, 6) is -0.371. The molecule has 0 radical (unpaired) electrons. The number of nitrogens with one attached hydrogen (secondary N) is 1. The molecule has 0 spiro atoms. The van der Waals surface area contributed by atoms with Gasteiger partial charge in [0.25, 0.3) is 5.91 Å². The molecule has 2 aromatic rings. The first-order valence-electron chi connectivity index (χ1n) is 6.92. The van der Waals surface area contributed by atoms with Crippen LogP contribution in [-0.4, -0.2) is 25.1 Å². The lowest BCUT2D eigenvalue weighted by atomic mass is 10.2. The molecule has 0 bridgehead atoms. The average molecular weight is 314 g/mol. The van der Waals surface area contributed by atoms with Gasteiger partial charge in [-0.15, -0.1) is 0 Å². The van der Waals surface area contributed by atoms with Crippen LogP contribution in [-0.2, 0) is 4.79 Å². The number of hydrogen-bond acceptors (Lipinski definition) is 5. The number of amides is 1. The standard InChI is InChI=1S/C17H17NO5/c1-11(23-15-9-7-14(22-2)8-10-15)16(19)18-13-5-3-12(4-6-13)17(20)21/h3-11H,1-2H3,(H,18,19)(H,20,21)/p-1. The van der Waals surface area contributed by atoms with E-state index in [1.54, 1.807) is 38.3 Å². The zero-order chi connectivity index (χ0) is 16.8. The predicted molar refractivity (Wildman–Crippen MR) is 82.5 cm³/mol. The van der Waals surface area contributed by atoms with Crippen LogP contribution in [0.25, 0.3) is 0 Å². The minimum absolute atomic E-state index is 0.0468. The van der Waals surface area contributed by atoms with Crippen molar-refractivity contribution in [2.45, 2.75) is 13.0 Å². The first kappa shape index (κ1) is 16.4. The largest absolute Gasteiger partial charge is 0.545 e. The summed E-state index contributed by atoms with van der Waals surface area (Å²) in [6.45, 7) is 1.62. The maximum atomic E-state index is 12.1. The van der Waals surface area contributed by atoms with Crippen LogP contribution in [0, 0.1) is 0 Å². The summed E-state index contributed by atoms with van der Waals surface area (Å²) in [6, 6.07) is 12.6. The van der Waals surface area contributed by atoms with Crippen LogP contribution in [0.4, 0.5) is 5.69 Å². The van der Waals surface area contributed by atoms with Gasteiger partial charge in [-0.3, -0.25) is 4.79 Å². The first-order valence-corrected chi connectivity index (χ1v) is 6.92. The molecule has 1 amide bonds. The lowest BCUT2D eigenvalue weighted by Gasteiger charge is -2.15. The highest BCUT2D eigenvalue weighted by Crippen LogP contribution is 2.18. The molecule has 0 aromatic heterocycles. The van der Waals surface area contributed by atoms with E-state index >= 15 is 0 Å².